The molecule has 3 rings (SSSR count). The minimum atomic E-state index is 0.274. The molecule has 110 valence electrons. The van der Waals surface area contributed by atoms with Gasteiger partial charge < -0.3 is 14.4 Å². The van der Waals surface area contributed by atoms with Crippen LogP contribution in [0.5, 0.6) is 5.75 Å². The van der Waals surface area contributed by atoms with Crippen LogP contribution in [0.25, 0.3) is 10.9 Å². The first-order chi connectivity index (χ1) is 10.3. The van der Waals surface area contributed by atoms with Gasteiger partial charge in [-0.3, -0.25) is 0 Å². The van der Waals surface area contributed by atoms with Crippen LogP contribution < -0.4 is 9.64 Å². The molecule has 0 aliphatic carbocycles. The second kappa shape index (κ2) is 6.14. The van der Waals surface area contributed by atoms with Gasteiger partial charge in [0.2, 0.25) is 0 Å². The van der Waals surface area contributed by atoms with Crippen molar-refractivity contribution in [3.05, 3.63) is 43.0 Å². The van der Waals surface area contributed by atoms with E-state index in [-0.39, 0.29) is 6.10 Å². The Kier molecular flexibility index (Phi) is 4.06. The number of rotatable bonds is 5. The average Bonchev–Trinajstić information content (AvgIpc) is 3.00. The van der Waals surface area contributed by atoms with Gasteiger partial charge in [-0.25, -0.2) is 4.98 Å². The number of benzene rings is 1. The summed E-state index contributed by atoms with van der Waals surface area (Å²) in [5.74, 6) is 1.87. The number of ether oxygens (including phenoxy) is 2. The number of hydrogen-bond donors (Lipinski definition) is 0. The van der Waals surface area contributed by atoms with E-state index < -0.39 is 0 Å². The van der Waals surface area contributed by atoms with Crippen LogP contribution in [0.3, 0.4) is 0 Å². The monoisotopic (exact) mass is 284 g/mol. The molecule has 1 saturated heterocycles. The predicted octanol–water partition coefficient (Wildman–Crippen LogP) is 3.02. The molecule has 1 aromatic carbocycles. The summed E-state index contributed by atoms with van der Waals surface area (Å²) in [4.78, 5) is 7.02. The zero-order valence-corrected chi connectivity index (χ0v) is 12.3. The summed E-state index contributed by atoms with van der Waals surface area (Å²) in [6, 6.07) is 10.1. The fraction of sp³-hybridized carbons (Fsp3) is 0.353. The van der Waals surface area contributed by atoms with Gasteiger partial charge in [-0.15, -0.1) is 6.58 Å². The Balaban J connectivity index is 1.77. The molecular formula is C17H20N2O2. The first-order valence-corrected chi connectivity index (χ1v) is 7.22. The molecule has 4 heteroatoms. The van der Waals surface area contributed by atoms with Crippen molar-refractivity contribution in [2.75, 3.05) is 31.7 Å². The second-order valence-electron chi connectivity index (χ2n) is 5.21. The first kappa shape index (κ1) is 13.9. The van der Waals surface area contributed by atoms with Gasteiger partial charge in [-0.1, -0.05) is 6.08 Å². The van der Waals surface area contributed by atoms with Crippen LogP contribution >= 0.6 is 0 Å². The standard InChI is InChI=1S/C17H20N2O2/c1-3-10-21-15-8-9-19(12-15)17-7-4-13-11-14(20-2)5-6-16(13)18-17/h3-7,11,15H,1,8-10,12H2,2H3. The maximum atomic E-state index is 5.72. The summed E-state index contributed by atoms with van der Waals surface area (Å²) in [6.07, 6.45) is 3.11. The SMILES string of the molecule is C=CCOC1CCN(c2ccc3cc(OC)ccc3n2)C1. The number of pyridine rings is 1. The topological polar surface area (TPSA) is 34.6 Å². The molecule has 0 amide bonds. The molecule has 0 bridgehead atoms. The van der Waals surface area contributed by atoms with E-state index in [1.165, 1.54) is 0 Å². The van der Waals surface area contributed by atoms with Crippen molar-refractivity contribution < 1.29 is 9.47 Å². The van der Waals surface area contributed by atoms with Gasteiger partial charge in [0.15, 0.2) is 0 Å². The van der Waals surface area contributed by atoms with E-state index in [2.05, 4.69) is 23.6 Å². The Morgan fingerprint density at radius 2 is 2.29 bits per heavy atom. The molecule has 0 saturated carbocycles. The molecule has 1 fully saturated rings. The highest BCUT2D eigenvalue weighted by molar-refractivity contribution is 5.81. The fourth-order valence-electron chi connectivity index (χ4n) is 2.67. The van der Waals surface area contributed by atoms with Crippen molar-refractivity contribution in [3.8, 4) is 5.75 Å². The molecular weight excluding hydrogens is 264 g/mol. The highest BCUT2D eigenvalue weighted by Gasteiger charge is 2.23. The number of nitrogens with zero attached hydrogens (tertiary/aromatic N) is 2. The highest BCUT2D eigenvalue weighted by atomic mass is 16.5. The van der Waals surface area contributed by atoms with Gasteiger partial charge in [0.05, 0.1) is 25.3 Å². The summed E-state index contributed by atoms with van der Waals surface area (Å²) in [7, 11) is 1.68. The maximum absolute atomic E-state index is 5.72. The van der Waals surface area contributed by atoms with Crippen molar-refractivity contribution >= 4 is 16.7 Å². The lowest BCUT2D eigenvalue weighted by Gasteiger charge is -2.18. The van der Waals surface area contributed by atoms with Crippen LogP contribution in [-0.4, -0.2) is 37.9 Å². The normalized spacial score (nSPS) is 18.1. The third-order valence-corrected chi connectivity index (χ3v) is 3.80. The summed E-state index contributed by atoms with van der Waals surface area (Å²) in [5, 5.41) is 1.09. The zero-order chi connectivity index (χ0) is 14.7. The lowest BCUT2D eigenvalue weighted by Crippen LogP contribution is -2.23. The summed E-state index contributed by atoms with van der Waals surface area (Å²) in [5.41, 5.74) is 0.990. The lowest BCUT2D eigenvalue weighted by atomic mass is 10.2. The van der Waals surface area contributed by atoms with Gasteiger partial charge in [-0.2, -0.15) is 0 Å². The number of methoxy groups -OCH3 is 1. The Hall–Kier alpha value is -2.07. The molecule has 1 atom stereocenters. The molecule has 2 aromatic rings. The van der Waals surface area contributed by atoms with Gasteiger partial charge in [0.25, 0.3) is 0 Å². The minimum Gasteiger partial charge on any atom is -0.497 e. The zero-order valence-electron chi connectivity index (χ0n) is 12.3. The van der Waals surface area contributed by atoms with E-state index in [0.717, 1.165) is 42.0 Å². The number of fused-ring (bicyclic) bond motifs is 1. The van der Waals surface area contributed by atoms with Crippen LogP contribution in [0.2, 0.25) is 0 Å². The second-order valence-corrected chi connectivity index (χ2v) is 5.21. The first-order valence-electron chi connectivity index (χ1n) is 7.22. The van der Waals surface area contributed by atoms with Crippen LogP contribution in [0.15, 0.2) is 43.0 Å². The fourth-order valence-corrected chi connectivity index (χ4v) is 2.67. The molecule has 2 heterocycles. The van der Waals surface area contributed by atoms with Crippen LogP contribution in [0, 0.1) is 0 Å². The molecule has 0 spiro atoms. The molecule has 0 radical (unpaired) electrons. The molecule has 4 nitrogen and oxygen atoms in total. The van der Waals surface area contributed by atoms with E-state index in [0.29, 0.717) is 6.61 Å². The van der Waals surface area contributed by atoms with E-state index in [4.69, 9.17) is 14.5 Å². The Morgan fingerprint density at radius 1 is 1.38 bits per heavy atom. The van der Waals surface area contributed by atoms with Crippen molar-refractivity contribution in [1.29, 1.82) is 0 Å². The molecule has 21 heavy (non-hydrogen) atoms. The van der Waals surface area contributed by atoms with Crippen molar-refractivity contribution in [2.24, 2.45) is 0 Å². The average molecular weight is 284 g/mol. The summed E-state index contributed by atoms with van der Waals surface area (Å²) < 4.78 is 11.0. The molecule has 0 N–H and O–H groups in total. The van der Waals surface area contributed by atoms with Gasteiger partial charge in [-0.05, 0) is 36.8 Å². The number of aromatic nitrogens is 1. The highest BCUT2D eigenvalue weighted by Crippen LogP contribution is 2.25. The van der Waals surface area contributed by atoms with E-state index in [9.17, 15) is 0 Å². The smallest absolute Gasteiger partial charge is 0.129 e. The van der Waals surface area contributed by atoms with Crippen LogP contribution in [0.1, 0.15) is 6.42 Å². The molecule has 1 aromatic heterocycles. The van der Waals surface area contributed by atoms with Crippen LogP contribution in [0.4, 0.5) is 5.82 Å². The molecule has 1 aliphatic heterocycles. The predicted molar refractivity (Wildman–Crippen MR) is 85.1 cm³/mol. The van der Waals surface area contributed by atoms with Crippen molar-refractivity contribution in [1.82, 2.24) is 4.98 Å². The van der Waals surface area contributed by atoms with Crippen LogP contribution in [-0.2, 0) is 4.74 Å². The largest absolute Gasteiger partial charge is 0.497 e. The number of anilines is 1. The molecule has 1 unspecified atom stereocenters. The Labute approximate surface area is 125 Å². The Morgan fingerprint density at radius 3 is 3.10 bits per heavy atom. The molecule has 1 aliphatic rings. The third kappa shape index (κ3) is 3.00. The van der Waals surface area contributed by atoms with E-state index in [1.807, 2.05) is 18.2 Å². The lowest BCUT2D eigenvalue weighted by molar-refractivity contribution is 0.0909. The van der Waals surface area contributed by atoms with Crippen molar-refractivity contribution in [3.63, 3.8) is 0 Å². The summed E-state index contributed by atoms with van der Waals surface area (Å²) >= 11 is 0. The Bertz CT molecular complexity index is 642. The van der Waals surface area contributed by atoms with E-state index in [1.54, 1.807) is 13.2 Å². The van der Waals surface area contributed by atoms with Gasteiger partial charge >= 0.3 is 0 Å². The van der Waals surface area contributed by atoms with Gasteiger partial charge in [0, 0.05) is 18.5 Å². The summed E-state index contributed by atoms with van der Waals surface area (Å²) in [6.45, 7) is 6.17. The van der Waals surface area contributed by atoms with Crippen molar-refractivity contribution in [2.45, 2.75) is 12.5 Å². The minimum absolute atomic E-state index is 0.274. The quantitative estimate of drug-likeness (QED) is 0.791. The number of hydrogen-bond acceptors (Lipinski definition) is 4. The van der Waals surface area contributed by atoms with Gasteiger partial charge in [0.1, 0.15) is 11.6 Å². The third-order valence-electron chi connectivity index (χ3n) is 3.80. The maximum Gasteiger partial charge on any atom is 0.129 e. The van der Waals surface area contributed by atoms with E-state index >= 15 is 0 Å².